The van der Waals surface area contributed by atoms with E-state index in [-0.39, 0.29) is 48.1 Å². The Kier molecular flexibility index (Phi) is 8.29. The van der Waals surface area contributed by atoms with Crippen LogP contribution in [0.15, 0.2) is 41.2 Å². The standard InChI is InChI=1S/C34H40N8O4/c1-19(2)42-33(46)39-32(40-42)34(11-12-38-18-29(43)41-25(17-35)15-24-16-28(24)41)26-9-7-22(30(44)36-3)13-20(26)5-6-21-14-23(31(45)37-4)8-10-27(21)34/h7-10,13-14,19,24-25,28,38H,5-6,11-12,15-16,18H2,1-4H3,(H,36,44)(H,37,45)(H,39,40,46)/t24-,25+,28+/m1/s1. The quantitative estimate of drug-likeness (QED) is 0.264. The van der Waals surface area contributed by atoms with E-state index >= 15 is 0 Å². The van der Waals surface area contributed by atoms with E-state index in [4.69, 9.17) is 5.10 Å². The maximum absolute atomic E-state index is 13.3. The molecular formula is C34H40N8O4. The summed E-state index contributed by atoms with van der Waals surface area (Å²) < 4.78 is 1.43. The number of rotatable bonds is 9. The lowest BCUT2D eigenvalue weighted by Crippen LogP contribution is -2.44. The van der Waals surface area contributed by atoms with Gasteiger partial charge in [-0.2, -0.15) is 10.4 Å². The van der Waals surface area contributed by atoms with Gasteiger partial charge < -0.3 is 20.9 Å². The summed E-state index contributed by atoms with van der Waals surface area (Å²) in [4.78, 5) is 56.7. The number of likely N-dealkylation sites (tertiary alicyclic amines) is 1. The average Bonchev–Trinajstić information content (AvgIpc) is 3.59. The SMILES string of the molecule is CNC(=O)c1ccc2c(c1)CCc1cc(C(=O)NC)ccc1C2(CCNCC(=O)N1[C@H](C#N)C[C@@H]2C[C@@H]21)c1nn(C(C)C)c(=O)[nH]1. The molecule has 3 amide bonds. The Morgan fingerprint density at radius 2 is 1.63 bits per heavy atom. The van der Waals surface area contributed by atoms with E-state index in [1.165, 1.54) is 4.68 Å². The first kappa shape index (κ1) is 31.2. The smallest absolute Gasteiger partial charge is 0.343 e. The minimum atomic E-state index is -0.983. The molecule has 2 fully saturated rings. The Hall–Kier alpha value is -4.76. The molecule has 0 radical (unpaired) electrons. The topological polar surface area (TPSA) is 165 Å². The van der Waals surface area contributed by atoms with Crippen LogP contribution in [-0.4, -0.2) is 76.7 Å². The molecule has 6 rings (SSSR count). The van der Waals surface area contributed by atoms with Crippen molar-refractivity contribution in [3.8, 4) is 6.07 Å². The van der Waals surface area contributed by atoms with Crippen molar-refractivity contribution < 1.29 is 14.4 Å². The third kappa shape index (κ3) is 5.28. The molecular weight excluding hydrogens is 584 g/mol. The molecule has 1 saturated heterocycles. The number of hydrogen-bond acceptors (Lipinski definition) is 7. The Labute approximate surface area is 267 Å². The van der Waals surface area contributed by atoms with Crippen molar-refractivity contribution in [2.75, 3.05) is 27.2 Å². The van der Waals surface area contributed by atoms with Crippen LogP contribution in [-0.2, 0) is 23.1 Å². The molecule has 3 aromatic rings. The molecule has 2 heterocycles. The summed E-state index contributed by atoms with van der Waals surface area (Å²) in [6.45, 7) is 4.25. The van der Waals surface area contributed by atoms with Gasteiger partial charge in [-0.3, -0.25) is 19.4 Å². The third-order valence-electron chi connectivity index (χ3n) is 9.80. The van der Waals surface area contributed by atoms with Crippen molar-refractivity contribution in [2.24, 2.45) is 5.92 Å². The van der Waals surface area contributed by atoms with Crippen LogP contribution in [0.3, 0.4) is 0 Å². The number of hydrogen-bond donors (Lipinski definition) is 4. The Morgan fingerprint density at radius 1 is 1.02 bits per heavy atom. The Bertz CT molecular complexity index is 1730. The lowest BCUT2D eigenvalue weighted by molar-refractivity contribution is -0.131. The molecule has 2 aromatic carbocycles. The van der Waals surface area contributed by atoms with Crippen LogP contribution in [0, 0.1) is 17.2 Å². The second-order valence-corrected chi connectivity index (χ2v) is 12.8. The Morgan fingerprint density at radius 3 is 2.15 bits per heavy atom. The first-order valence-electron chi connectivity index (χ1n) is 15.9. The zero-order valence-electron chi connectivity index (χ0n) is 26.6. The number of aryl methyl sites for hydroxylation is 2. The number of benzene rings is 2. The molecule has 3 atom stereocenters. The van der Waals surface area contributed by atoms with Gasteiger partial charge in [0.25, 0.3) is 11.8 Å². The number of nitrogens with one attached hydrogen (secondary N) is 4. The molecule has 1 aromatic heterocycles. The molecule has 1 aliphatic heterocycles. The van der Waals surface area contributed by atoms with Gasteiger partial charge in [0, 0.05) is 31.3 Å². The first-order valence-corrected chi connectivity index (χ1v) is 15.9. The number of aromatic amines is 1. The summed E-state index contributed by atoms with van der Waals surface area (Å²) in [7, 11) is 3.18. The fourth-order valence-electron chi connectivity index (χ4n) is 7.43. The summed E-state index contributed by atoms with van der Waals surface area (Å²) in [5.41, 5.74) is 3.39. The molecule has 46 heavy (non-hydrogen) atoms. The number of piperidine rings is 1. The molecule has 3 aliphatic rings. The van der Waals surface area contributed by atoms with E-state index in [0.29, 0.717) is 48.7 Å². The number of carbonyl (C=O) groups excluding carboxylic acids is 3. The van der Waals surface area contributed by atoms with Crippen LogP contribution >= 0.6 is 0 Å². The minimum Gasteiger partial charge on any atom is -0.355 e. The van der Waals surface area contributed by atoms with E-state index in [2.05, 4.69) is 27.0 Å². The van der Waals surface area contributed by atoms with Crippen molar-refractivity contribution in [1.82, 2.24) is 35.6 Å². The van der Waals surface area contributed by atoms with Gasteiger partial charge in [0.15, 0.2) is 0 Å². The highest BCUT2D eigenvalue weighted by Gasteiger charge is 2.54. The predicted molar refractivity (Wildman–Crippen MR) is 170 cm³/mol. The van der Waals surface area contributed by atoms with Crippen molar-refractivity contribution >= 4 is 17.7 Å². The predicted octanol–water partition coefficient (Wildman–Crippen LogP) is 1.80. The minimum absolute atomic E-state index is 0.0827. The van der Waals surface area contributed by atoms with E-state index < -0.39 is 5.41 Å². The fourth-order valence-corrected chi connectivity index (χ4v) is 7.43. The van der Waals surface area contributed by atoms with Crippen LogP contribution in [0.5, 0.6) is 0 Å². The van der Waals surface area contributed by atoms with Gasteiger partial charge in [-0.25, -0.2) is 9.48 Å². The molecule has 240 valence electrons. The van der Waals surface area contributed by atoms with Gasteiger partial charge >= 0.3 is 5.69 Å². The van der Waals surface area contributed by atoms with Crippen LogP contribution in [0.1, 0.15) is 87.9 Å². The maximum atomic E-state index is 13.3. The highest BCUT2D eigenvalue weighted by molar-refractivity contribution is 5.95. The van der Waals surface area contributed by atoms with Crippen LogP contribution in [0.25, 0.3) is 0 Å². The summed E-state index contributed by atoms with van der Waals surface area (Å²) >= 11 is 0. The number of nitriles is 1. The number of fused-ring (bicyclic) bond motifs is 3. The van der Waals surface area contributed by atoms with E-state index in [1.807, 2.05) is 38.1 Å². The van der Waals surface area contributed by atoms with Crippen molar-refractivity contribution in [2.45, 2.75) is 69.5 Å². The molecule has 12 heteroatoms. The zero-order chi connectivity index (χ0) is 32.7. The molecule has 0 unspecified atom stereocenters. The van der Waals surface area contributed by atoms with E-state index in [9.17, 15) is 24.4 Å². The molecule has 1 saturated carbocycles. The molecule has 0 spiro atoms. The lowest BCUT2D eigenvalue weighted by Gasteiger charge is -2.35. The van der Waals surface area contributed by atoms with Crippen LogP contribution in [0.4, 0.5) is 0 Å². The second kappa shape index (κ2) is 12.2. The first-order chi connectivity index (χ1) is 22.1. The highest BCUT2D eigenvalue weighted by atomic mass is 16.2. The van der Waals surface area contributed by atoms with Crippen molar-refractivity contribution in [1.29, 1.82) is 5.26 Å². The van der Waals surface area contributed by atoms with E-state index in [1.54, 1.807) is 31.1 Å². The second-order valence-electron chi connectivity index (χ2n) is 12.8. The van der Waals surface area contributed by atoms with Gasteiger partial charge in [0.1, 0.15) is 11.9 Å². The van der Waals surface area contributed by atoms with Crippen LogP contribution in [0.2, 0.25) is 0 Å². The Balaban J connectivity index is 1.45. The number of amides is 3. The molecule has 2 aliphatic carbocycles. The summed E-state index contributed by atoms with van der Waals surface area (Å²) in [5.74, 6) is 0.391. The number of nitrogens with zero attached hydrogens (tertiary/aromatic N) is 4. The number of carbonyl (C=O) groups is 3. The summed E-state index contributed by atoms with van der Waals surface area (Å²) in [5, 5.41) is 23.2. The van der Waals surface area contributed by atoms with Gasteiger partial charge in [0.2, 0.25) is 5.91 Å². The average molecular weight is 625 g/mol. The maximum Gasteiger partial charge on any atom is 0.343 e. The number of aromatic nitrogens is 3. The van der Waals surface area contributed by atoms with Gasteiger partial charge in [-0.05, 0) is 105 Å². The van der Waals surface area contributed by atoms with Crippen LogP contribution < -0.4 is 21.6 Å². The summed E-state index contributed by atoms with van der Waals surface area (Å²) in [6.07, 6.45) is 3.31. The van der Waals surface area contributed by atoms with Crippen molar-refractivity contribution in [3.05, 3.63) is 86.1 Å². The lowest BCUT2D eigenvalue weighted by atomic mass is 9.69. The van der Waals surface area contributed by atoms with Gasteiger partial charge in [-0.15, -0.1) is 0 Å². The molecule has 0 bridgehead atoms. The monoisotopic (exact) mass is 624 g/mol. The van der Waals surface area contributed by atoms with Gasteiger partial charge in [0.05, 0.1) is 24.1 Å². The largest absolute Gasteiger partial charge is 0.355 e. The van der Waals surface area contributed by atoms with Gasteiger partial charge in [-0.1, -0.05) is 12.1 Å². The van der Waals surface area contributed by atoms with Crippen molar-refractivity contribution in [3.63, 3.8) is 0 Å². The molecule has 12 nitrogen and oxygen atoms in total. The summed E-state index contributed by atoms with van der Waals surface area (Å²) in [6, 6.07) is 13.1. The fraction of sp³-hybridized carbons (Fsp3) is 0.471. The highest BCUT2D eigenvalue weighted by Crippen LogP contribution is 2.48. The van der Waals surface area contributed by atoms with E-state index in [0.717, 1.165) is 35.1 Å². The molecule has 4 N–H and O–H groups in total. The third-order valence-corrected chi connectivity index (χ3v) is 9.80. The number of H-pyrrole nitrogens is 1. The zero-order valence-corrected chi connectivity index (χ0v) is 26.6. The normalized spacial score (nSPS) is 20.6.